The largest absolute Gasteiger partial charge is 0.456 e. The highest BCUT2D eigenvalue weighted by atomic mass is 16.3. The first-order valence-corrected chi connectivity index (χ1v) is 12.7. The van der Waals surface area contributed by atoms with E-state index in [1.807, 2.05) is 6.07 Å². The summed E-state index contributed by atoms with van der Waals surface area (Å²) in [6, 6.07) is 47.7. The molecule has 0 radical (unpaired) electrons. The van der Waals surface area contributed by atoms with E-state index < -0.39 is 0 Å². The SMILES string of the molecule is c1ccc(-c2c3ccccc3c(-c3cc4oc5ccccc5c4c4ccccc34)c3ccccc23)cc1. The Hall–Kier alpha value is -4.88. The molecule has 37 heavy (non-hydrogen) atoms. The summed E-state index contributed by atoms with van der Waals surface area (Å²) >= 11 is 0. The van der Waals surface area contributed by atoms with Crippen molar-refractivity contribution in [2.24, 2.45) is 0 Å². The molecule has 1 nitrogen and oxygen atoms in total. The Labute approximate surface area is 214 Å². The summed E-state index contributed by atoms with van der Waals surface area (Å²) in [5.41, 5.74) is 6.83. The Kier molecular flexibility index (Phi) is 4.29. The first-order chi connectivity index (χ1) is 18.4. The van der Waals surface area contributed by atoms with Crippen molar-refractivity contribution >= 4 is 54.3 Å². The molecule has 0 unspecified atom stereocenters. The van der Waals surface area contributed by atoms with Crippen LogP contribution in [-0.4, -0.2) is 0 Å². The summed E-state index contributed by atoms with van der Waals surface area (Å²) in [6.07, 6.45) is 0. The fourth-order valence-electron chi connectivity index (χ4n) is 6.13. The summed E-state index contributed by atoms with van der Waals surface area (Å²) in [6.45, 7) is 0. The van der Waals surface area contributed by atoms with Gasteiger partial charge in [0.25, 0.3) is 0 Å². The van der Waals surface area contributed by atoms with Crippen LogP contribution in [0, 0.1) is 0 Å². The second kappa shape index (κ2) is 7.81. The van der Waals surface area contributed by atoms with Crippen LogP contribution in [0.15, 0.2) is 138 Å². The normalized spacial score (nSPS) is 11.8. The number of benzene rings is 7. The Morgan fingerprint density at radius 1 is 0.351 bits per heavy atom. The van der Waals surface area contributed by atoms with Crippen LogP contribution in [0.3, 0.4) is 0 Å². The summed E-state index contributed by atoms with van der Waals surface area (Å²) in [4.78, 5) is 0. The van der Waals surface area contributed by atoms with Gasteiger partial charge in [0.1, 0.15) is 11.2 Å². The molecule has 1 heterocycles. The van der Waals surface area contributed by atoms with Crippen molar-refractivity contribution in [2.75, 3.05) is 0 Å². The lowest BCUT2D eigenvalue weighted by Crippen LogP contribution is -1.91. The molecular formula is C36H22O. The van der Waals surface area contributed by atoms with E-state index in [1.165, 1.54) is 60.0 Å². The third-order valence-corrected chi connectivity index (χ3v) is 7.65. The minimum atomic E-state index is 0.925. The van der Waals surface area contributed by atoms with Gasteiger partial charge in [0.05, 0.1) is 0 Å². The Morgan fingerprint density at radius 3 is 1.49 bits per heavy atom. The molecule has 0 saturated heterocycles. The molecule has 1 aromatic heterocycles. The van der Waals surface area contributed by atoms with Gasteiger partial charge in [-0.3, -0.25) is 0 Å². The fraction of sp³-hybridized carbons (Fsp3) is 0. The van der Waals surface area contributed by atoms with Crippen LogP contribution < -0.4 is 0 Å². The zero-order valence-electron chi connectivity index (χ0n) is 20.1. The van der Waals surface area contributed by atoms with Gasteiger partial charge in [-0.1, -0.05) is 121 Å². The average Bonchev–Trinajstić information content (AvgIpc) is 3.35. The minimum Gasteiger partial charge on any atom is -0.456 e. The summed E-state index contributed by atoms with van der Waals surface area (Å²) < 4.78 is 6.44. The Morgan fingerprint density at radius 2 is 0.838 bits per heavy atom. The van der Waals surface area contributed by atoms with Crippen LogP contribution in [0.4, 0.5) is 0 Å². The van der Waals surface area contributed by atoms with Gasteiger partial charge < -0.3 is 4.42 Å². The van der Waals surface area contributed by atoms with Crippen LogP contribution >= 0.6 is 0 Å². The molecule has 0 saturated carbocycles. The van der Waals surface area contributed by atoms with E-state index >= 15 is 0 Å². The van der Waals surface area contributed by atoms with Crippen molar-refractivity contribution in [1.29, 1.82) is 0 Å². The Bertz CT molecular complexity index is 2070. The van der Waals surface area contributed by atoms with E-state index in [0.29, 0.717) is 0 Å². The maximum Gasteiger partial charge on any atom is 0.136 e. The highest BCUT2D eigenvalue weighted by Gasteiger charge is 2.20. The van der Waals surface area contributed by atoms with E-state index in [4.69, 9.17) is 4.42 Å². The van der Waals surface area contributed by atoms with Crippen molar-refractivity contribution in [2.45, 2.75) is 0 Å². The molecule has 0 fully saturated rings. The monoisotopic (exact) mass is 470 g/mol. The number of rotatable bonds is 2. The highest BCUT2D eigenvalue weighted by Crippen LogP contribution is 2.47. The molecule has 0 amide bonds. The number of hydrogen-bond donors (Lipinski definition) is 0. The van der Waals surface area contributed by atoms with E-state index in [2.05, 4.69) is 127 Å². The molecule has 0 spiro atoms. The molecule has 0 N–H and O–H groups in total. The lowest BCUT2D eigenvalue weighted by molar-refractivity contribution is 0.669. The summed E-state index contributed by atoms with van der Waals surface area (Å²) in [5.74, 6) is 0. The van der Waals surface area contributed by atoms with Crippen LogP contribution in [-0.2, 0) is 0 Å². The topological polar surface area (TPSA) is 13.1 Å². The number of fused-ring (bicyclic) bond motifs is 7. The van der Waals surface area contributed by atoms with Crippen molar-refractivity contribution in [3.63, 3.8) is 0 Å². The van der Waals surface area contributed by atoms with Crippen molar-refractivity contribution in [1.82, 2.24) is 0 Å². The minimum absolute atomic E-state index is 0.925. The predicted molar refractivity (Wildman–Crippen MR) is 157 cm³/mol. The molecule has 0 aliphatic heterocycles. The van der Waals surface area contributed by atoms with Crippen LogP contribution in [0.5, 0.6) is 0 Å². The highest BCUT2D eigenvalue weighted by molar-refractivity contribution is 6.27. The van der Waals surface area contributed by atoms with Gasteiger partial charge in [0.15, 0.2) is 0 Å². The van der Waals surface area contributed by atoms with Gasteiger partial charge >= 0.3 is 0 Å². The van der Waals surface area contributed by atoms with E-state index in [-0.39, 0.29) is 0 Å². The predicted octanol–water partition coefficient (Wildman–Crippen LogP) is 10.4. The first kappa shape index (κ1) is 20.3. The number of furan rings is 1. The van der Waals surface area contributed by atoms with Crippen molar-refractivity contribution < 1.29 is 4.42 Å². The summed E-state index contributed by atoms with van der Waals surface area (Å²) in [7, 11) is 0. The summed E-state index contributed by atoms with van der Waals surface area (Å²) in [5, 5.41) is 9.83. The number of para-hydroxylation sites is 1. The third-order valence-electron chi connectivity index (χ3n) is 7.65. The first-order valence-electron chi connectivity index (χ1n) is 12.7. The smallest absolute Gasteiger partial charge is 0.136 e. The molecule has 0 bridgehead atoms. The van der Waals surface area contributed by atoms with Crippen LogP contribution in [0.1, 0.15) is 0 Å². The van der Waals surface area contributed by atoms with Crippen LogP contribution in [0.2, 0.25) is 0 Å². The third kappa shape index (κ3) is 2.92. The molecule has 0 atom stereocenters. The maximum absolute atomic E-state index is 6.44. The molecule has 172 valence electrons. The van der Waals surface area contributed by atoms with E-state index in [9.17, 15) is 0 Å². The molecular weight excluding hydrogens is 448 g/mol. The van der Waals surface area contributed by atoms with Gasteiger partial charge in [-0.15, -0.1) is 0 Å². The fourth-order valence-corrected chi connectivity index (χ4v) is 6.13. The van der Waals surface area contributed by atoms with Gasteiger partial charge in [0.2, 0.25) is 0 Å². The second-order valence-corrected chi connectivity index (χ2v) is 9.65. The lowest BCUT2D eigenvalue weighted by Gasteiger charge is -2.19. The molecule has 8 rings (SSSR count). The van der Waals surface area contributed by atoms with Gasteiger partial charge in [-0.05, 0) is 66.7 Å². The van der Waals surface area contributed by atoms with Gasteiger partial charge in [-0.25, -0.2) is 0 Å². The zero-order valence-corrected chi connectivity index (χ0v) is 20.1. The second-order valence-electron chi connectivity index (χ2n) is 9.65. The molecule has 1 heteroatoms. The molecule has 7 aromatic carbocycles. The maximum atomic E-state index is 6.44. The quantitative estimate of drug-likeness (QED) is 0.229. The van der Waals surface area contributed by atoms with Gasteiger partial charge in [-0.2, -0.15) is 0 Å². The lowest BCUT2D eigenvalue weighted by atomic mass is 9.84. The number of hydrogen-bond acceptors (Lipinski definition) is 1. The van der Waals surface area contributed by atoms with E-state index in [1.54, 1.807) is 0 Å². The molecule has 0 aliphatic carbocycles. The average molecular weight is 471 g/mol. The van der Waals surface area contributed by atoms with E-state index in [0.717, 1.165) is 16.6 Å². The molecule has 0 aliphatic rings. The zero-order chi connectivity index (χ0) is 24.3. The van der Waals surface area contributed by atoms with Gasteiger partial charge in [0, 0.05) is 10.8 Å². The Balaban J connectivity index is 1.60. The standard InChI is InChI=1S/C36H22O/c1-2-12-23(13-3-1)34-26-16-6-8-18-28(26)35(29-19-9-7-17-27(29)34)31-22-33-36(25-15-5-4-14-24(25)31)30-20-10-11-21-32(30)37-33/h1-22H. The molecule has 8 aromatic rings. The van der Waals surface area contributed by atoms with Crippen LogP contribution in [0.25, 0.3) is 76.5 Å². The van der Waals surface area contributed by atoms with Crippen molar-refractivity contribution in [3.8, 4) is 22.3 Å². The van der Waals surface area contributed by atoms with Crippen molar-refractivity contribution in [3.05, 3.63) is 133 Å².